The molecule has 4 aromatic rings. The highest BCUT2D eigenvalue weighted by atomic mass is 15.0. The van der Waals surface area contributed by atoms with Gasteiger partial charge in [0.25, 0.3) is 0 Å². The maximum Gasteiger partial charge on any atom is 0.0955 e. The van der Waals surface area contributed by atoms with Gasteiger partial charge in [-0.1, -0.05) is 30.3 Å². The molecule has 25 heavy (non-hydrogen) atoms. The Morgan fingerprint density at radius 2 is 1.84 bits per heavy atom. The Balaban J connectivity index is 1.65. The standard InChI is InChI=1S/C22H19N3/c1-25-14-24-20-13-17(9-10-21(20)25)19-6-3-11-23-22(19)18-5-2-4-16(12-18)15-7-8-15/h2-6,9-15H,7-8H2,1H3. The molecule has 0 aliphatic heterocycles. The van der Waals surface area contributed by atoms with Crippen LogP contribution in [0.4, 0.5) is 0 Å². The zero-order valence-electron chi connectivity index (χ0n) is 14.2. The van der Waals surface area contributed by atoms with Gasteiger partial charge in [0.1, 0.15) is 0 Å². The Hall–Kier alpha value is -2.94. The third kappa shape index (κ3) is 2.52. The number of aryl methyl sites for hydroxylation is 1. The van der Waals surface area contributed by atoms with Crippen molar-refractivity contribution in [1.29, 1.82) is 0 Å². The summed E-state index contributed by atoms with van der Waals surface area (Å²) in [4.78, 5) is 9.20. The Bertz CT molecular complexity index is 1070. The van der Waals surface area contributed by atoms with Crippen molar-refractivity contribution in [2.45, 2.75) is 18.8 Å². The van der Waals surface area contributed by atoms with Crippen LogP contribution >= 0.6 is 0 Å². The van der Waals surface area contributed by atoms with E-state index in [1.165, 1.54) is 24.0 Å². The number of nitrogens with zero attached hydrogens (tertiary/aromatic N) is 3. The maximum absolute atomic E-state index is 4.71. The number of aromatic nitrogens is 3. The first kappa shape index (κ1) is 14.4. The molecule has 3 nitrogen and oxygen atoms in total. The molecule has 2 heterocycles. The molecule has 5 rings (SSSR count). The molecular formula is C22H19N3. The molecule has 0 atom stereocenters. The van der Waals surface area contributed by atoms with Crippen LogP contribution in [0.5, 0.6) is 0 Å². The van der Waals surface area contributed by atoms with E-state index in [-0.39, 0.29) is 0 Å². The molecule has 0 N–H and O–H groups in total. The quantitative estimate of drug-likeness (QED) is 0.519. The van der Waals surface area contributed by atoms with Gasteiger partial charge in [-0.15, -0.1) is 0 Å². The third-order valence-corrected chi connectivity index (χ3v) is 5.05. The zero-order valence-corrected chi connectivity index (χ0v) is 14.2. The number of fused-ring (bicyclic) bond motifs is 1. The summed E-state index contributed by atoms with van der Waals surface area (Å²) in [6.07, 6.45) is 6.36. The monoisotopic (exact) mass is 325 g/mol. The first-order valence-electron chi connectivity index (χ1n) is 8.76. The summed E-state index contributed by atoms with van der Waals surface area (Å²) < 4.78 is 2.04. The minimum absolute atomic E-state index is 0.747. The molecule has 2 aromatic heterocycles. The Morgan fingerprint density at radius 3 is 2.72 bits per heavy atom. The van der Waals surface area contributed by atoms with Crippen LogP contribution in [0, 0.1) is 0 Å². The minimum Gasteiger partial charge on any atom is -0.334 e. The average molecular weight is 325 g/mol. The van der Waals surface area contributed by atoms with Crippen molar-refractivity contribution in [1.82, 2.24) is 14.5 Å². The average Bonchev–Trinajstić information content (AvgIpc) is 3.46. The molecule has 1 saturated carbocycles. The van der Waals surface area contributed by atoms with Gasteiger partial charge < -0.3 is 4.57 Å². The highest BCUT2D eigenvalue weighted by Gasteiger charge is 2.23. The van der Waals surface area contributed by atoms with E-state index in [1.807, 2.05) is 30.2 Å². The smallest absolute Gasteiger partial charge is 0.0955 e. The van der Waals surface area contributed by atoms with E-state index in [0.717, 1.165) is 33.8 Å². The van der Waals surface area contributed by atoms with Gasteiger partial charge in [-0.2, -0.15) is 0 Å². The van der Waals surface area contributed by atoms with Crippen molar-refractivity contribution < 1.29 is 0 Å². The molecule has 1 aliphatic carbocycles. The fourth-order valence-corrected chi connectivity index (χ4v) is 3.53. The molecule has 0 saturated heterocycles. The van der Waals surface area contributed by atoms with E-state index in [4.69, 9.17) is 4.98 Å². The van der Waals surface area contributed by atoms with Gasteiger partial charge in [0, 0.05) is 24.4 Å². The summed E-state index contributed by atoms with van der Waals surface area (Å²) in [6, 6.07) is 19.5. The largest absolute Gasteiger partial charge is 0.334 e. The molecule has 0 amide bonds. The predicted molar refractivity (Wildman–Crippen MR) is 101 cm³/mol. The second kappa shape index (κ2) is 5.55. The molecule has 0 unspecified atom stereocenters. The van der Waals surface area contributed by atoms with Crippen LogP contribution in [0.3, 0.4) is 0 Å². The molecule has 0 bridgehead atoms. The molecule has 3 heteroatoms. The summed E-state index contributed by atoms with van der Waals surface area (Å²) in [5.74, 6) is 0.747. The summed E-state index contributed by atoms with van der Waals surface area (Å²) in [6.45, 7) is 0. The number of hydrogen-bond donors (Lipinski definition) is 0. The van der Waals surface area contributed by atoms with E-state index in [9.17, 15) is 0 Å². The summed E-state index contributed by atoms with van der Waals surface area (Å²) >= 11 is 0. The lowest BCUT2D eigenvalue weighted by molar-refractivity contribution is 0.948. The lowest BCUT2D eigenvalue weighted by Crippen LogP contribution is -1.91. The third-order valence-electron chi connectivity index (χ3n) is 5.05. The SMILES string of the molecule is Cn1cnc2cc(-c3cccnc3-c3cccc(C4CC4)c3)ccc21. The van der Waals surface area contributed by atoms with E-state index in [2.05, 4.69) is 53.5 Å². The molecule has 1 aliphatic rings. The van der Waals surface area contributed by atoms with Crippen LogP contribution in [0.1, 0.15) is 24.3 Å². The van der Waals surface area contributed by atoms with Crippen LogP contribution in [0.25, 0.3) is 33.4 Å². The van der Waals surface area contributed by atoms with Gasteiger partial charge in [-0.3, -0.25) is 4.98 Å². The van der Waals surface area contributed by atoms with Gasteiger partial charge in [0.15, 0.2) is 0 Å². The molecule has 2 aromatic carbocycles. The van der Waals surface area contributed by atoms with Crippen molar-refractivity contribution in [2.24, 2.45) is 7.05 Å². The Kier molecular flexibility index (Phi) is 3.20. The lowest BCUT2D eigenvalue weighted by atomic mass is 9.97. The maximum atomic E-state index is 4.71. The van der Waals surface area contributed by atoms with Crippen molar-refractivity contribution in [3.8, 4) is 22.4 Å². The number of rotatable bonds is 3. The van der Waals surface area contributed by atoms with Gasteiger partial charge in [-0.25, -0.2) is 4.98 Å². The van der Waals surface area contributed by atoms with Gasteiger partial charge in [-0.05, 0) is 54.2 Å². The van der Waals surface area contributed by atoms with Crippen LogP contribution in [-0.2, 0) is 7.05 Å². The van der Waals surface area contributed by atoms with E-state index >= 15 is 0 Å². The van der Waals surface area contributed by atoms with Gasteiger partial charge >= 0.3 is 0 Å². The van der Waals surface area contributed by atoms with Crippen molar-refractivity contribution in [3.05, 3.63) is 72.7 Å². The first-order valence-corrected chi connectivity index (χ1v) is 8.76. The predicted octanol–water partition coefficient (Wildman–Crippen LogP) is 5.18. The zero-order chi connectivity index (χ0) is 16.8. The van der Waals surface area contributed by atoms with Gasteiger partial charge in [0.2, 0.25) is 0 Å². The van der Waals surface area contributed by atoms with Crippen LogP contribution in [0.2, 0.25) is 0 Å². The minimum atomic E-state index is 0.747. The molecule has 0 radical (unpaired) electrons. The second-order valence-electron chi connectivity index (χ2n) is 6.86. The molecule has 1 fully saturated rings. The number of benzene rings is 2. The lowest BCUT2D eigenvalue weighted by Gasteiger charge is -2.10. The highest BCUT2D eigenvalue weighted by molar-refractivity contribution is 5.87. The van der Waals surface area contributed by atoms with Crippen LogP contribution in [0.15, 0.2) is 67.1 Å². The first-order chi connectivity index (χ1) is 12.3. The summed E-state index contributed by atoms with van der Waals surface area (Å²) in [5, 5.41) is 0. The van der Waals surface area contributed by atoms with E-state index < -0.39 is 0 Å². The normalized spacial score (nSPS) is 14.1. The van der Waals surface area contributed by atoms with Crippen LogP contribution < -0.4 is 0 Å². The topological polar surface area (TPSA) is 30.7 Å². The molecular weight excluding hydrogens is 306 g/mol. The fraction of sp³-hybridized carbons (Fsp3) is 0.182. The van der Waals surface area contributed by atoms with Crippen LogP contribution in [-0.4, -0.2) is 14.5 Å². The molecule has 0 spiro atoms. The van der Waals surface area contributed by atoms with Crippen molar-refractivity contribution >= 4 is 11.0 Å². The van der Waals surface area contributed by atoms with E-state index in [1.54, 1.807) is 0 Å². The Labute approximate surface area is 147 Å². The second-order valence-corrected chi connectivity index (χ2v) is 6.86. The van der Waals surface area contributed by atoms with E-state index in [0.29, 0.717) is 0 Å². The van der Waals surface area contributed by atoms with Crippen molar-refractivity contribution in [3.63, 3.8) is 0 Å². The van der Waals surface area contributed by atoms with Gasteiger partial charge in [0.05, 0.1) is 23.1 Å². The summed E-state index contributed by atoms with van der Waals surface area (Å²) in [5.41, 5.74) is 8.15. The fourth-order valence-electron chi connectivity index (χ4n) is 3.53. The number of hydrogen-bond acceptors (Lipinski definition) is 2. The number of imidazole rings is 1. The number of pyridine rings is 1. The Morgan fingerprint density at radius 1 is 0.920 bits per heavy atom. The molecule has 122 valence electrons. The van der Waals surface area contributed by atoms with Crippen molar-refractivity contribution in [2.75, 3.05) is 0 Å². The summed E-state index contributed by atoms with van der Waals surface area (Å²) in [7, 11) is 2.02. The highest BCUT2D eigenvalue weighted by Crippen LogP contribution is 2.41.